The molecule has 0 aliphatic rings. The molecule has 0 aliphatic heterocycles. The lowest BCUT2D eigenvalue weighted by Gasteiger charge is -2.12. The van der Waals surface area contributed by atoms with E-state index in [0.29, 0.717) is 34.3 Å². The van der Waals surface area contributed by atoms with Crippen molar-refractivity contribution < 1.29 is 14.3 Å². The van der Waals surface area contributed by atoms with Crippen molar-refractivity contribution in [2.24, 2.45) is 0 Å². The fraction of sp³-hybridized carbons (Fsp3) is 0.120. The highest BCUT2D eigenvalue weighted by Crippen LogP contribution is 2.30. The van der Waals surface area contributed by atoms with Crippen LogP contribution in [0.25, 0.3) is 11.3 Å². The predicted molar refractivity (Wildman–Crippen MR) is 122 cm³/mol. The van der Waals surface area contributed by atoms with Crippen LogP contribution in [0, 0.1) is 0 Å². The third kappa shape index (κ3) is 5.26. The largest absolute Gasteiger partial charge is 0.491 e. The van der Waals surface area contributed by atoms with E-state index in [-0.39, 0.29) is 12.0 Å². The van der Waals surface area contributed by atoms with Gasteiger partial charge in [-0.25, -0.2) is 15.0 Å². The molecule has 0 fully saturated rings. The second-order valence-electron chi connectivity index (χ2n) is 7.23. The minimum Gasteiger partial charge on any atom is -0.491 e. The van der Waals surface area contributed by atoms with Crippen LogP contribution in [0.1, 0.15) is 24.2 Å². The number of benzene rings is 2. The van der Waals surface area contributed by atoms with Crippen LogP contribution in [0.15, 0.2) is 85.5 Å². The molecule has 160 valence electrons. The molecule has 32 heavy (non-hydrogen) atoms. The summed E-state index contributed by atoms with van der Waals surface area (Å²) in [5.41, 5.74) is 2.53. The highest BCUT2D eigenvalue weighted by atomic mass is 16.5. The van der Waals surface area contributed by atoms with E-state index in [0.717, 1.165) is 5.56 Å². The molecule has 0 saturated heterocycles. The Balaban J connectivity index is 1.52. The minimum absolute atomic E-state index is 0.0496. The van der Waals surface area contributed by atoms with Crippen LogP contribution >= 0.6 is 0 Å². The Hall–Kier alpha value is -4.26. The van der Waals surface area contributed by atoms with Crippen molar-refractivity contribution in [2.45, 2.75) is 20.0 Å². The first-order valence-corrected chi connectivity index (χ1v) is 10.2. The molecule has 1 N–H and O–H groups in total. The van der Waals surface area contributed by atoms with Crippen molar-refractivity contribution in [1.29, 1.82) is 0 Å². The first-order valence-electron chi connectivity index (χ1n) is 10.2. The van der Waals surface area contributed by atoms with Gasteiger partial charge in [0.25, 0.3) is 5.91 Å². The van der Waals surface area contributed by atoms with Crippen molar-refractivity contribution >= 4 is 11.6 Å². The molecular weight excluding hydrogens is 404 g/mol. The molecule has 1 amide bonds. The van der Waals surface area contributed by atoms with E-state index in [1.807, 2.05) is 44.2 Å². The second-order valence-corrected chi connectivity index (χ2v) is 7.23. The standard InChI is InChI=1S/C25H22N4O3/c1-17(2)31-21-9-4-7-19(15-21)29-24(30)18-6-3-8-20(14-18)32-25-22(10-5-12-27-25)23-11-13-26-16-28-23/h3-17H,1-2H3,(H,29,30). The molecule has 2 aromatic carbocycles. The van der Waals surface area contributed by atoms with Crippen LogP contribution < -0.4 is 14.8 Å². The highest BCUT2D eigenvalue weighted by molar-refractivity contribution is 6.04. The average molecular weight is 426 g/mol. The Bertz CT molecular complexity index is 1210. The lowest BCUT2D eigenvalue weighted by atomic mass is 10.2. The number of pyridine rings is 1. The Morgan fingerprint density at radius 3 is 2.56 bits per heavy atom. The van der Waals surface area contributed by atoms with Gasteiger partial charge in [-0.3, -0.25) is 4.79 Å². The Morgan fingerprint density at radius 1 is 0.906 bits per heavy atom. The molecule has 0 radical (unpaired) electrons. The quantitative estimate of drug-likeness (QED) is 0.428. The Labute approximate surface area is 186 Å². The third-order valence-corrected chi connectivity index (χ3v) is 4.40. The molecule has 0 saturated carbocycles. The van der Waals surface area contributed by atoms with E-state index >= 15 is 0 Å². The van der Waals surface area contributed by atoms with Crippen LogP contribution in [0.5, 0.6) is 17.4 Å². The summed E-state index contributed by atoms with van der Waals surface area (Å²) < 4.78 is 11.7. The van der Waals surface area contributed by atoms with Crippen molar-refractivity contribution in [3.05, 3.63) is 91.0 Å². The predicted octanol–water partition coefficient (Wildman–Crippen LogP) is 5.37. The maximum absolute atomic E-state index is 12.8. The van der Waals surface area contributed by atoms with Gasteiger partial charge >= 0.3 is 0 Å². The second kappa shape index (κ2) is 9.70. The zero-order valence-corrected chi connectivity index (χ0v) is 17.7. The van der Waals surface area contributed by atoms with Gasteiger partial charge in [0.15, 0.2) is 0 Å². The number of anilines is 1. The SMILES string of the molecule is CC(C)Oc1cccc(NC(=O)c2cccc(Oc3ncccc3-c3ccncn3)c2)c1. The number of hydrogen-bond acceptors (Lipinski definition) is 6. The maximum atomic E-state index is 12.8. The molecule has 0 spiro atoms. The summed E-state index contributed by atoms with van der Waals surface area (Å²) in [5, 5.41) is 2.89. The number of hydrogen-bond donors (Lipinski definition) is 1. The number of nitrogens with one attached hydrogen (secondary N) is 1. The van der Waals surface area contributed by atoms with E-state index < -0.39 is 0 Å². The van der Waals surface area contributed by atoms with Crippen molar-refractivity contribution in [3.63, 3.8) is 0 Å². The van der Waals surface area contributed by atoms with Gasteiger partial charge in [0.05, 0.1) is 17.4 Å². The fourth-order valence-corrected chi connectivity index (χ4v) is 3.05. The molecule has 0 aliphatic carbocycles. The zero-order chi connectivity index (χ0) is 22.3. The first-order chi connectivity index (χ1) is 15.6. The van der Waals surface area contributed by atoms with Crippen LogP contribution in [0.2, 0.25) is 0 Å². The van der Waals surface area contributed by atoms with Crippen LogP contribution in [-0.4, -0.2) is 27.0 Å². The van der Waals surface area contributed by atoms with Crippen molar-refractivity contribution in [1.82, 2.24) is 15.0 Å². The Morgan fingerprint density at radius 2 is 1.75 bits per heavy atom. The maximum Gasteiger partial charge on any atom is 0.255 e. The number of carbonyl (C=O) groups is 1. The van der Waals surface area contributed by atoms with Gasteiger partial charge in [-0.15, -0.1) is 0 Å². The monoisotopic (exact) mass is 426 g/mol. The number of aromatic nitrogens is 3. The number of nitrogens with zero attached hydrogens (tertiary/aromatic N) is 3. The van der Waals surface area contributed by atoms with Crippen LogP contribution in [0.3, 0.4) is 0 Å². The van der Waals surface area contributed by atoms with Gasteiger partial charge < -0.3 is 14.8 Å². The highest BCUT2D eigenvalue weighted by Gasteiger charge is 2.12. The van der Waals surface area contributed by atoms with E-state index in [1.54, 1.807) is 48.8 Å². The fourth-order valence-electron chi connectivity index (χ4n) is 3.05. The molecule has 7 nitrogen and oxygen atoms in total. The van der Waals surface area contributed by atoms with Gasteiger partial charge in [0.1, 0.15) is 17.8 Å². The lowest BCUT2D eigenvalue weighted by molar-refractivity contribution is 0.102. The minimum atomic E-state index is -0.255. The summed E-state index contributed by atoms with van der Waals surface area (Å²) in [5.74, 6) is 1.32. The molecule has 4 aromatic rings. The molecule has 0 atom stereocenters. The molecule has 4 rings (SSSR count). The van der Waals surface area contributed by atoms with Gasteiger partial charge in [0.2, 0.25) is 5.88 Å². The van der Waals surface area contributed by atoms with Crippen LogP contribution in [0.4, 0.5) is 5.69 Å². The normalized spacial score (nSPS) is 10.6. The molecular formula is C25H22N4O3. The molecule has 0 bridgehead atoms. The Kier molecular flexibility index (Phi) is 6.36. The number of carbonyl (C=O) groups excluding carboxylic acids is 1. The van der Waals surface area contributed by atoms with Crippen molar-refractivity contribution in [3.8, 4) is 28.6 Å². The lowest BCUT2D eigenvalue weighted by Crippen LogP contribution is -2.12. The summed E-state index contributed by atoms with van der Waals surface area (Å²) in [6.07, 6.45) is 4.82. The number of amides is 1. The molecule has 2 heterocycles. The van der Waals surface area contributed by atoms with E-state index in [9.17, 15) is 4.79 Å². The van der Waals surface area contributed by atoms with E-state index in [1.165, 1.54) is 6.33 Å². The van der Waals surface area contributed by atoms with Crippen molar-refractivity contribution in [2.75, 3.05) is 5.32 Å². The van der Waals surface area contributed by atoms with Crippen LogP contribution in [-0.2, 0) is 0 Å². The summed E-state index contributed by atoms with van der Waals surface area (Å²) in [6.45, 7) is 3.91. The average Bonchev–Trinajstić information content (AvgIpc) is 2.80. The van der Waals surface area contributed by atoms with Gasteiger partial charge in [0, 0.05) is 29.7 Å². The molecule has 7 heteroatoms. The summed E-state index contributed by atoms with van der Waals surface area (Å²) >= 11 is 0. The van der Waals surface area contributed by atoms with Gasteiger partial charge in [-0.2, -0.15) is 0 Å². The van der Waals surface area contributed by atoms with E-state index in [2.05, 4.69) is 20.3 Å². The third-order valence-electron chi connectivity index (χ3n) is 4.40. The number of ether oxygens (including phenoxy) is 2. The molecule has 2 aromatic heterocycles. The van der Waals surface area contributed by atoms with Gasteiger partial charge in [-0.05, 0) is 62.4 Å². The summed E-state index contributed by atoms with van der Waals surface area (Å²) in [7, 11) is 0. The topological polar surface area (TPSA) is 86.2 Å². The molecule has 0 unspecified atom stereocenters. The summed E-state index contributed by atoms with van der Waals surface area (Å²) in [4.78, 5) is 25.3. The zero-order valence-electron chi connectivity index (χ0n) is 17.7. The first kappa shape index (κ1) is 21.0. The number of rotatable bonds is 7. The van der Waals surface area contributed by atoms with Gasteiger partial charge in [-0.1, -0.05) is 12.1 Å². The van der Waals surface area contributed by atoms with E-state index in [4.69, 9.17) is 9.47 Å². The smallest absolute Gasteiger partial charge is 0.255 e. The summed E-state index contributed by atoms with van der Waals surface area (Å²) in [6, 6.07) is 19.7.